The third-order valence-corrected chi connectivity index (χ3v) is 6.54. The summed E-state index contributed by atoms with van der Waals surface area (Å²) < 4.78 is 0. The molecule has 0 radical (unpaired) electrons. The fraction of sp³-hybridized carbons (Fsp3) is 0.600. The molecule has 2 atom stereocenters. The third kappa shape index (κ3) is 2.99. The van der Waals surface area contributed by atoms with E-state index < -0.39 is 0 Å². The molecule has 144 valence electrons. The Bertz CT molecular complexity index is 728. The Morgan fingerprint density at radius 1 is 1.22 bits per heavy atom. The number of amides is 3. The van der Waals surface area contributed by atoms with Crippen molar-refractivity contribution in [3.05, 3.63) is 35.9 Å². The second-order valence-corrected chi connectivity index (χ2v) is 8.48. The SMILES string of the molecule is O=C(NC1CC2(CNC2)C1)[C@@H]1CC[C@@H]2CN1C(=O)N2OCc1ccccc1. The van der Waals surface area contributed by atoms with Crippen molar-refractivity contribution < 1.29 is 14.4 Å². The van der Waals surface area contributed by atoms with Gasteiger partial charge in [0, 0.05) is 25.7 Å². The molecule has 1 saturated carbocycles. The predicted octanol–water partition coefficient (Wildman–Crippen LogP) is 1.26. The minimum Gasteiger partial charge on any atom is -0.352 e. The first-order valence-corrected chi connectivity index (χ1v) is 9.91. The van der Waals surface area contributed by atoms with E-state index in [1.807, 2.05) is 30.3 Å². The van der Waals surface area contributed by atoms with Gasteiger partial charge in [-0.2, -0.15) is 5.06 Å². The zero-order chi connectivity index (χ0) is 18.4. The molecule has 3 heterocycles. The summed E-state index contributed by atoms with van der Waals surface area (Å²) in [6.45, 7) is 3.09. The summed E-state index contributed by atoms with van der Waals surface area (Å²) in [6.07, 6.45) is 3.61. The quantitative estimate of drug-likeness (QED) is 0.818. The second kappa shape index (κ2) is 6.49. The molecule has 2 N–H and O–H groups in total. The zero-order valence-electron chi connectivity index (χ0n) is 15.4. The molecule has 7 heteroatoms. The lowest BCUT2D eigenvalue weighted by Gasteiger charge is -2.54. The van der Waals surface area contributed by atoms with Crippen molar-refractivity contribution in [1.82, 2.24) is 20.6 Å². The number of rotatable bonds is 5. The van der Waals surface area contributed by atoms with Crippen molar-refractivity contribution in [3.63, 3.8) is 0 Å². The first-order valence-electron chi connectivity index (χ1n) is 9.91. The summed E-state index contributed by atoms with van der Waals surface area (Å²) in [5.41, 5.74) is 1.46. The van der Waals surface area contributed by atoms with Crippen molar-refractivity contribution in [2.75, 3.05) is 19.6 Å². The van der Waals surface area contributed by atoms with Gasteiger partial charge in [0.1, 0.15) is 12.6 Å². The molecule has 1 aromatic rings. The van der Waals surface area contributed by atoms with E-state index in [2.05, 4.69) is 10.6 Å². The Labute approximate surface area is 159 Å². The Morgan fingerprint density at radius 2 is 2.00 bits per heavy atom. The van der Waals surface area contributed by atoms with Gasteiger partial charge in [0.15, 0.2) is 0 Å². The lowest BCUT2D eigenvalue weighted by molar-refractivity contribution is -0.140. The number of carbonyl (C=O) groups excluding carboxylic acids is 2. The molecule has 0 aromatic heterocycles. The first-order chi connectivity index (χ1) is 13.1. The van der Waals surface area contributed by atoms with E-state index in [9.17, 15) is 9.59 Å². The highest BCUT2D eigenvalue weighted by atomic mass is 16.7. The van der Waals surface area contributed by atoms with Crippen molar-refractivity contribution in [3.8, 4) is 0 Å². The molecule has 3 aliphatic heterocycles. The van der Waals surface area contributed by atoms with E-state index in [4.69, 9.17) is 4.84 Å². The topological polar surface area (TPSA) is 73.9 Å². The number of piperidine rings is 1. The molecule has 3 saturated heterocycles. The van der Waals surface area contributed by atoms with Gasteiger partial charge in [-0.25, -0.2) is 4.79 Å². The average Bonchev–Trinajstić information content (AvgIpc) is 2.86. The van der Waals surface area contributed by atoms with Gasteiger partial charge >= 0.3 is 6.03 Å². The fourth-order valence-corrected chi connectivity index (χ4v) is 4.94. The van der Waals surface area contributed by atoms with E-state index in [0.717, 1.165) is 37.9 Å². The number of hydroxylamine groups is 2. The van der Waals surface area contributed by atoms with E-state index in [1.165, 1.54) is 5.06 Å². The highest BCUT2D eigenvalue weighted by molar-refractivity contribution is 5.88. The highest BCUT2D eigenvalue weighted by Gasteiger charge is 2.51. The van der Waals surface area contributed by atoms with Gasteiger partial charge in [0.2, 0.25) is 5.91 Å². The monoisotopic (exact) mass is 370 g/mol. The molecule has 2 bridgehead atoms. The molecule has 3 amide bonds. The standard InChI is InChI=1S/C20H26N4O3/c25-18(22-15-8-20(9-15)12-21-13-20)17-7-6-16-10-23(17)19(26)24(16)27-11-14-4-2-1-3-5-14/h1-5,15-17,21H,6-13H2,(H,22,25)/t16-,17+/m1/s1. The summed E-state index contributed by atoms with van der Waals surface area (Å²) in [5.74, 6) is -0.00107. The van der Waals surface area contributed by atoms with Gasteiger partial charge in [0.05, 0.1) is 6.04 Å². The van der Waals surface area contributed by atoms with Crippen molar-refractivity contribution in [2.45, 2.75) is 50.4 Å². The van der Waals surface area contributed by atoms with Crippen LogP contribution in [0, 0.1) is 5.41 Å². The number of fused-ring (bicyclic) bond motifs is 2. The molecular weight excluding hydrogens is 344 g/mol. The highest BCUT2D eigenvalue weighted by Crippen LogP contribution is 2.44. The lowest BCUT2D eigenvalue weighted by Crippen LogP contribution is -2.66. The minimum absolute atomic E-state index is 0.00107. The van der Waals surface area contributed by atoms with E-state index >= 15 is 0 Å². The summed E-state index contributed by atoms with van der Waals surface area (Å²) in [5, 5.41) is 7.96. The maximum Gasteiger partial charge on any atom is 0.345 e. The first kappa shape index (κ1) is 17.0. The van der Waals surface area contributed by atoms with Crippen molar-refractivity contribution >= 4 is 11.9 Å². The fourth-order valence-electron chi connectivity index (χ4n) is 4.94. The molecule has 1 aliphatic carbocycles. The predicted molar refractivity (Wildman–Crippen MR) is 98.4 cm³/mol. The van der Waals surface area contributed by atoms with Gasteiger partial charge in [-0.15, -0.1) is 0 Å². The van der Waals surface area contributed by atoms with Gasteiger partial charge in [-0.3, -0.25) is 9.63 Å². The Balaban J connectivity index is 1.17. The lowest BCUT2D eigenvalue weighted by atomic mass is 9.61. The molecule has 5 rings (SSSR count). The van der Waals surface area contributed by atoms with Crippen LogP contribution < -0.4 is 10.6 Å². The normalized spacial score (nSPS) is 28.8. The van der Waals surface area contributed by atoms with Gasteiger partial charge in [0.25, 0.3) is 0 Å². The van der Waals surface area contributed by atoms with Crippen LogP contribution in [0.4, 0.5) is 4.79 Å². The van der Waals surface area contributed by atoms with Crippen LogP contribution in [0.3, 0.4) is 0 Å². The van der Waals surface area contributed by atoms with Crippen LogP contribution in [0.2, 0.25) is 0 Å². The maximum absolute atomic E-state index is 12.8. The number of nitrogens with zero attached hydrogens (tertiary/aromatic N) is 2. The third-order valence-electron chi connectivity index (χ3n) is 6.54. The molecule has 27 heavy (non-hydrogen) atoms. The second-order valence-electron chi connectivity index (χ2n) is 8.48. The van der Waals surface area contributed by atoms with Crippen molar-refractivity contribution in [2.24, 2.45) is 5.41 Å². The van der Waals surface area contributed by atoms with Crippen LogP contribution in [-0.4, -0.2) is 59.7 Å². The Hall–Kier alpha value is -2.12. The number of nitrogens with one attached hydrogen (secondary N) is 2. The molecule has 1 spiro atoms. The number of urea groups is 1. The number of hydrogen-bond donors (Lipinski definition) is 2. The van der Waals surface area contributed by atoms with Crippen LogP contribution in [0.15, 0.2) is 30.3 Å². The smallest absolute Gasteiger partial charge is 0.345 e. The van der Waals surface area contributed by atoms with Crippen LogP contribution in [0.1, 0.15) is 31.2 Å². The Kier molecular flexibility index (Phi) is 4.09. The van der Waals surface area contributed by atoms with E-state index in [1.54, 1.807) is 4.90 Å². The number of carbonyl (C=O) groups is 2. The zero-order valence-corrected chi connectivity index (χ0v) is 15.4. The van der Waals surface area contributed by atoms with E-state index in [0.29, 0.717) is 25.0 Å². The van der Waals surface area contributed by atoms with E-state index in [-0.39, 0.29) is 30.1 Å². The average molecular weight is 370 g/mol. The summed E-state index contributed by atoms with van der Waals surface area (Å²) in [7, 11) is 0. The van der Waals surface area contributed by atoms with Gasteiger partial charge < -0.3 is 15.5 Å². The minimum atomic E-state index is -0.366. The van der Waals surface area contributed by atoms with Gasteiger partial charge in [-0.05, 0) is 36.7 Å². The molecule has 4 fully saturated rings. The molecule has 4 aliphatic rings. The van der Waals surface area contributed by atoms with Gasteiger partial charge in [-0.1, -0.05) is 30.3 Å². The van der Waals surface area contributed by atoms with Crippen LogP contribution >= 0.6 is 0 Å². The summed E-state index contributed by atoms with van der Waals surface area (Å²) in [4.78, 5) is 33.0. The number of benzene rings is 1. The summed E-state index contributed by atoms with van der Waals surface area (Å²) in [6, 6.07) is 9.58. The van der Waals surface area contributed by atoms with Crippen LogP contribution in [-0.2, 0) is 16.2 Å². The molecule has 7 nitrogen and oxygen atoms in total. The maximum atomic E-state index is 12.8. The summed E-state index contributed by atoms with van der Waals surface area (Å²) >= 11 is 0. The molecular formula is C20H26N4O3. The molecule has 0 unspecified atom stereocenters. The molecule has 1 aromatic carbocycles. The van der Waals surface area contributed by atoms with Crippen LogP contribution in [0.25, 0.3) is 0 Å². The largest absolute Gasteiger partial charge is 0.352 e. The Morgan fingerprint density at radius 3 is 2.70 bits per heavy atom. The van der Waals surface area contributed by atoms with Crippen LogP contribution in [0.5, 0.6) is 0 Å². The number of hydrogen-bond acceptors (Lipinski definition) is 4. The van der Waals surface area contributed by atoms with Crippen molar-refractivity contribution in [1.29, 1.82) is 0 Å².